The van der Waals surface area contributed by atoms with Gasteiger partial charge in [0.15, 0.2) is 4.83 Å². The highest BCUT2D eigenvalue weighted by molar-refractivity contribution is 9.10. The van der Waals surface area contributed by atoms with Gasteiger partial charge in [0.05, 0.1) is 18.5 Å². The van der Waals surface area contributed by atoms with Crippen LogP contribution in [0, 0.1) is 0 Å². The quantitative estimate of drug-likeness (QED) is 0.115. The molecule has 248 valence electrons. The van der Waals surface area contributed by atoms with Crippen molar-refractivity contribution in [2.75, 3.05) is 39.2 Å². The van der Waals surface area contributed by atoms with Gasteiger partial charge in [-0.2, -0.15) is 0 Å². The molecule has 2 amide bonds. The van der Waals surface area contributed by atoms with E-state index in [2.05, 4.69) is 38.5 Å². The molecule has 0 fully saturated rings. The van der Waals surface area contributed by atoms with Crippen LogP contribution in [0.3, 0.4) is 0 Å². The van der Waals surface area contributed by atoms with Gasteiger partial charge in [-0.25, -0.2) is 13.4 Å². The number of benzene rings is 2. The van der Waals surface area contributed by atoms with E-state index in [1.54, 1.807) is 30.3 Å². The molecule has 0 saturated carbocycles. The number of rotatable bonds is 20. The molecule has 2 aromatic carbocycles. The van der Waals surface area contributed by atoms with Crippen LogP contribution in [-0.2, 0) is 19.6 Å². The highest BCUT2D eigenvalue weighted by atomic mass is 79.9. The Morgan fingerprint density at radius 1 is 0.933 bits per heavy atom. The van der Waals surface area contributed by atoms with Crippen LogP contribution in [0.25, 0.3) is 0 Å². The summed E-state index contributed by atoms with van der Waals surface area (Å²) in [5.74, 6) is -0.514. The number of anilines is 1. The summed E-state index contributed by atoms with van der Waals surface area (Å²) in [6, 6.07) is 11.1. The molecule has 0 spiro atoms. The van der Waals surface area contributed by atoms with Crippen molar-refractivity contribution in [3.63, 3.8) is 0 Å². The molecule has 0 aromatic heterocycles. The van der Waals surface area contributed by atoms with Crippen molar-refractivity contribution < 1.29 is 27.5 Å². The Kier molecular flexibility index (Phi) is 15.3. The number of amides is 2. The van der Waals surface area contributed by atoms with Gasteiger partial charge in [-0.05, 0) is 43.2 Å². The van der Waals surface area contributed by atoms with Crippen molar-refractivity contribution in [2.24, 2.45) is 4.99 Å². The second-order valence-corrected chi connectivity index (χ2v) is 13.8. The molecule has 1 aliphatic rings. The molecule has 12 heteroatoms. The smallest absolute Gasteiger partial charge is 0.267 e. The van der Waals surface area contributed by atoms with E-state index in [0.29, 0.717) is 30.9 Å². The first-order valence-electron chi connectivity index (χ1n) is 15.9. The van der Waals surface area contributed by atoms with E-state index in [1.807, 2.05) is 0 Å². The number of sulfonamides is 1. The number of amidine groups is 1. The average molecular weight is 708 g/mol. The lowest BCUT2D eigenvalue weighted by Crippen LogP contribution is -2.47. The molecule has 10 nitrogen and oxygen atoms in total. The fourth-order valence-electron chi connectivity index (χ4n) is 5.11. The lowest BCUT2D eigenvalue weighted by atomic mass is 10.1. The van der Waals surface area contributed by atoms with E-state index in [0.717, 1.165) is 12.8 Å². The number of nitrogens with zero attached hydrogens (tertiary/aromatic N) is 2. The number of alkyl halides is 1. The number of hydrogen-bond acceptors (Lipinski definition) is 7. The van der Waals surface area contributed by atoms with Crippen molar-refractivity contribution >= 4 is 55.0 Å². The highest BCUT2D eigenvalue weighted by Crippen LogP contribution is 2.34. The van der Waals surface area contributed by atoms with E-state index in [-0.39, 0.29) is 34.6 Å². The van der Waals surface area contributed by atoms with Crippen molar-refractivity contribution in [3.8, 4) is 5.75 Å². The van der Waals surface area contributed by atoms with Gasteiger partial charge < -0.3 is 20.1 Å². The Morgan fingerprint density at radius 2 is 1.58 bits per heavy atom. The number of methoxy groups -OCH3 is 1. The normalized spacial score (nSPS) is 14.3. The third-order valence-electron chi connectivity index (χ3n) is 7.62. The number of para-hydroxylation sites is 1. The van der Waals surface area contributed by atoms with E-state index < -0.39 is 20.8 Å². The van der Waals surface area contributed by atoms with E-state index in [1.165, 1.54) is 82.0 Å². The van der Waals surface area contributed by atoms with E-state index in [4.69, 9.17) is 9.47 Å². The minimum atomic E-state index is -3.98. The van der Waals surface area contributed by atoms with Crippen LogP contribution in [0.1, 0.15) is 87.9 Å². The summed E-state index contributed by atoms with van der Waals surface area (Å²) in [6.07, 6.45) is 12.9. The first kappa shape index (κ1) is 36.5. The summed E-state index contributed by atoms with van der Waals surface area (Å²) >= 11 is 3.40. The number of nitrogens with one attached hydrogen (secondary N) is 2. The number of carbonyl (C=O) groups is 2. The Balaban J connectivity index is 1.59. The zero-order valence-corrected chi connectivity index (χ0v) is 29.1. The van der Waals surface area contributed by atoms with Crippen LogP contribution >= 0.6 is 15.9 Å². The molecule has 45 heavy (non-hydrogen) atoms. The van der Waals surface area contributed by atoms with Crippen molar-refractivity contribution in [3.05, 3.63) is 48.0 Å². The second-order valence-electron chi connectivity index (χ2n) is 11.0. The molecular weight excluding hydrogens is 660 g/mol. The molecule has 1 aliphatic heterocycles. The summed E-state index contributed by atoms with van der Waals surface area (Å²) in [5, 5.41) is 5.30. The molecule has 3 rings (SSSR count). The standard InChI is InChI=1S/C33H47BrN4O6S/c1-4-5-6-7-8-9-10-11-12-15-22-44-23-16-21-38-31(36-26-17-13-14-18-29(26)45(38,41)42)30(34)33(40)37-27-24-25(32(39)35-2)19-20-28(27)43-3/h13-14,17-20,24,30H,4-12,15-16,21-23H2,1-3H3,(H,35,39)(H,37,40). The molecule has 0 radical (unpaired) electrons. The molecule has 2 N–H and O–H groups in total. The van der Waals surface area contributed by atoms with Gasteiger partial charge in [-0.3, -0.25) is 13.9 Å². The number of unbranched alkanes of at least 4 members (excludes halogenated alkanes) is 9. The first-order valence-corrected chi connectivity index (χ1v) is 18.2. The molecule has 2 aromatic rings. The van der Waals surface area contributed by atoms with Crippen LogP contribution in [0.15, 0.2) is 52.4 Å². The molecule has 0 bridgehead atoms. The zero-order chi connectivity index (χ0) is 32.7. The molecule has 0 aliphatic carbocycles. The lowest BCUT2D eigenvalue weighted by Gasteiger charge is -2.31. The van der Waals surface area contributed by atoms with Gasteiger partial charge in [0.25, 0.3) is 15.9 Å². The van der Waals surface area contributed by atoms with Crippen molar-refractivity contribution in [1.82, 2.24) is 9.62 Å². The summed E-state index contributed by atoms with van der Waals surface area (Å²) in [6.45, 7) is 3.35. The van der Waals surface area contributed by atoms with Crippen LogP contribution < -0.4 is 15.4 Å². The van der Waals surface area contributed by atoms with Gasteiger partial charge in [0.2, 0.25) is 5.91 Å². The van der Waals surface area contributed by atoms with Crippen molar-refractivity contribution in [2.45, 2.75) is 87.3 Å². The SMILES string of the molecule is CCCCCCCCCCCCOCCCN1C(C(Br)C(=O)Nc2cc(C(=O)NC)ccc2OC)=Nc2ccccc2S1(=O)=O. The Morgan fingerprint density at radius 3 is 2.24 bits per heavy atom. The van der Waals surface area contributed by atoms with Gasteiger partial charge >= 0.3 is 0 Å². The maximum atomic E-state index is 13.7. The van der Waals surface area contributed by atoms with Gasteiger partial charge in [-0.15, -0.1) is 0 Å². The maximum Gasteiger partial charge on any atom is 0.267 e. The van der Waals surface area contributed by atoms with Crippen molar-refractivity contribution in [1.29, 1.82) is 0 Å². The summed E-state index contributed by atoms with van der Waals surface area (Å²) in [7, 11) is -1.02. The monoisotopic (exact) mass is 706 g/mol. The summed E-state index contributed by atoms with van der Waals surface area (Å²) in [5.41, 5.74) is 0.850. The minimum absolute atomic E-state index is 0.0438. The third kappa shape index (κ3) is 10.5. The predicted octanol–water partition coefficient (Wildman–Crippen LogP) is 6.82. The zero-order valence-electron chi connectivity index (χ0n) is 26.6. The fourth-order valence-corrected chi connectivity index (χ4v) is 7.34. The Hall–Kier alpha value is -2.96. The number of fused-ring (bicyclic) bond motifs is 1. The second kappa shape index (κ2) is 18.9. The first-order chi connectivity index (χ1) is 21.7. The molecule has 1 unspecified atom stereocenters. The maximum absolute atomic E-state index is 13.7. The van der Waals surface area contributed by atoms with E-state index in [9.17, 15) is 18.0 Å². The molecular formula is C33H47BrN4O6S. The van der Waals surface area contributed by atoms with E-state index >= 15 is 0 Å². The third-order valence-corrected chi connectivity index (χ3v) is 10.3. The Labute approximate surface area is 276 Å². The van der Waals surface area contributed by atoms with Gasteiger partial charge in [0, 0.05) is 32.4 Å². The summed E-state index contributed by atoms with van der Waals surface area (Å²) in [4.78, 5) is 29.2. The molecule has 1 atom stereocenters. The molecule has 1 heterocycles. The number of carbonyl (C=O) groups excluding carboxylic acids is 2. The van der Waals surface area contributed by atoms with Gasteiger partial charge in [0.1, 0.15) is 16.5 Å². The van der Waals surface area contributed by atoms with Crippen LogP contribution in [0.2, 0.25) is 0 Å². The Bertz CT molecular complexity index is 1400. The minimum Gasteiger partial charge on any atom is -0.495 e. The highest BCUT2D eigenvalue weighted by Gasteiger charge is 2.39. The number of aliphatic imine (C=N–C) groups is 1. The summed E-state index contributed by atoms with van der Waals surface area (Å²) < 4.78 is 39.8. The number of ether oxygens (including phenoxy) is 2. The van der Waals surface area contributed by atoms with Gasteiger partial charge in [-0.1, -0.05) is 92.8 Å². The topological polar surface area (TPSA) is 126 Å². The number of halogens is 1. The molecule has 0 saturated heterocycles. The average Bonchev–Trinajstić information content (AvgIpc) is 3.04. The largest absolute Gasteiger partial charge is 0.495 e. The van der Waals surface area contributed by atoms with Crippen LogP contribution in [-0.4, -0.2) is 69.1 Å². The van der Waals surface area contributed by atoms with Crippen LogP contribution in [0.5, 0.6) is 5.75 Å². The van der Waals surface area contributed by atoms with Crippen LogP contribution in [0.4, 0.5) is 11.4 Å². The lowest BCUT2D eigenvalue weighted by molar-refractivity contribution is -0.114. The fraction of sp³-hybridized carbons (Fsp3) is 0.545. The predicted molar refractivity (Wildman–Crippen MR) is 182 cm³/mol. The number of hydrogen-bond donors (Lipinski definition) is 2.